The predicted molar refractivity (Wildman–Crippen MR) is 187 cm³/mol. The molecule has 3 aromatic rings. The van der Waals surface area contributed by atoms with Crippen molar-refractivity contribution in [2.75, 3.05) is 33.9 Å². The van der Waals surface area contributed by atoms with Crippen LogP contribution in [0.1, 0.15) is 79.9 Å². The lowest BCUT2D eigenvalue weighted by Gasteiger charge is -2.30. The fourth-order valence-electron chi connectivity index (χ4n) is 5.44. The van der Waals surface area contributed by atoms with Crippen LogP contribution in [0.3, 0.4) is 0 Å². The number of nitrogens with zero attached hydrogens (tertiary/aromatic N) is 4. The molecule has 3 aromatic heterocycles. The molecule has 0 bridgehead atoms. The Morgan fingerprint density at radius 3 is 2.24 bits per heavy atom. The number of amides is 4. The van der Waals surface area contributed by atoms with E-state index in [0.717, 1.165) is 16.2 Å². The van der Waals surface area contributed by atoms with Gasteiger partial charge < -0.3 is 39.9 Å². The van der Waals surface area contributed by atoms with Crippen molar-refractivity contribution in [3.63, 3.8) is 0 Å². The Morgan fingerprint density at radius 1 is 0.980 bits per heavy atom. The molecule has 4 N–H and O–H groups in total. The van der Waals surface area contributed by atoms with E-state index in [0.29, 0.717) is 36.1 Å². The first kappa shape index (κ1) is 37.5. The molecule has 4 amide bonds. The molecule has 3 atom stereocenters. The Kier molecular flexibility index (Phi) is 13.1. The van der Waals surface area contributed by atoms with E-state index in [4.69, 9.17) is 4.74 Å². The molecule has 4 heterocycles. The standard InChI is InChI=1S/C35H44N8O6S/c1-21(2)18-42(30(44)17-38-34(46)48-6)20-29-36-15-24(39-29)8-10-26-12-13-27(50-26)11-9-25-16-37-32(40-25)28-14-23(5)19-43(28)33(45)31(22(3)4)41-35(47)49-7/h12-13,15-16,21-23,28,31H,14,17-20H2,1-7H3,(H,36,39)(H,37,40)(H,38,46)(H,41,47). The lowest BCUT2D eigenvalue weighted by molar-refractivity contribution is -0.135. The van der Waals surface area contributed by atoms with Crippen LogP contribution in [0.5, 0.6) is 0 Å². The van der Waals surface area contributed by atoms with Crippen LogP contribution in [0.15, 0.2) is 24.5 Å². The third-order valence-electron chi connectivity index (χ3n) is 7.82. The second-order valence-corrected chi connectivity index (χ2v) is 13.9. The zero-order valence-corrected chi connectivity index (χ0v) is 30.2. The largest absolute Gasteiger partial charge is 0.453 e. The van der Waals surface area contributed by atoms with Crippen molar-refractivity contribution < 1.29 is 28.7 Å². The van der Waals surface area contributed by atoms with Gasteiger partial charge in [-0.3, -0.25) is 9.59 Å². The van der Waals surface area contributed by atoms with Gasteiger partial charge in [-0.05, 0) is 60.0 Å². The Balaban J connectivity index is 1.39. The van der Waals surface area contributed by atoms with E-state index in [1.165, 1.54) is 25.6 Å². The number of rotatable bonds is 10. The number of hydrogen-bond acceptors (Lipinski definition) is 9. The minimum absolute atomic E-state index is 0.125. The number of aromatic amines is 2. The van der Waals surface area contributed by atoms with Crippen molar-refractivity contribution in [3.05, 3.63) is 57.3 Å². The van der Waals surface area contributed by atoms with Crippen molar-refractivity contribution in [3.8, 4) is 23.7 Å². The van der Waals surface area contributed by atoms with Gasteiger partial charge in [0.1, 0.15) is 35.6 Å². The monoisotopic (exact) mass is 704 g/mol. The molecule has 1 saturated heterocycles. The summed E-state index contributed by atoms with van der Waals surface area (Å²) in [5, 5.41) is 5.10. The number of imidazole rings is 2. The number of carbonyl (C=O) groups excluding carboxylic acids is 4. The van der Waals surface area contributed by atoms with E-state index in [1.807, 2.05) is 39.8 Å². The first-order valence-corrected chi connectivity index (χ1v) is 17.2. The lowest BCUT2D eigenvalue weighted by atomic mass is 10.0. The maximum Gasteiger partial charge on any atom is 0.407 e. The number of hydrogen-bond donors (Lipinski definition) is 4. The Bertz CT molecular complexity index is 1790. The van der Waals surface area contributed by atoms with E-state index < -0.39 is 18.2 Å². The number of H-pyrrole nitrogens is 2. The summed E-state index contributed by atoms with van der Waals surface area (Å²) in [7, 11) is 2.52. The molecule has 14 nitrogen and oxygen atoms in total. The molecule has 4 rings (SSSR count). The van der Waals surface area contributed by atoms with E-state index in [9.17, 15) is 19.2 Å². The van der Waals surface area contributed by atoms with Crippen LogP contribution < -0.4 is 10.6 Å². The number of thiophene rings is 1. The number of nitrogens with one attached hydrogen (secondary N) is 4. The molecule has 50 heavy (non-hydrogen) atoms. The highest BCUT2D eigenvalue weighted by atomic mass is 32.1. The van der Waals surface area contributed by atoms with Crippen LogP contribution in [0.4, 0.5) is 9.59 Å². The van der Waals surface area contributed by atoms with E-state index in [-0.39, 0.29) is 48.7 Å². The van der Waals surface area contributed by atoms with Gasteiger partial charge in [-0.15, -0.1) is 11.3 Å². The third kappa shape index (κ3) is 10.4. The van der Waals surface area contributed by atoms with Crippen molar-refractivity contribution in [2.45, 2.75) is 59.7 Å². The Labute approximate surface area is 296 Å². The topological polar surface area (TPSA) is 175 Å². The molecule has 3 unspecified atom stereocenters. The molecule has 1 aliphatic rings. The highest BCUT2D eigenvalue weighted by Gasteiger charge is 2.40. The number of aromatic nitrogens is 4. The predicted octanol–water partition coefficient (Wildman–Crippen LogP) is 3.62. The number of methoxy groups -OCH3 is 2. The average molecular weight is 705 g/mol. The second kappa shape index (κ2) is 17.4. The minimum atomic E-state index is -0.713. The van der Waals surface area contributed by atoms with Gasteiger partial charge in [0, 0.05) is 13.1 Å². The van der Waals surface area contributed by atoms with Gasteiger partial charge in [-0.1, -0.05) is 34.6 Å². The fourth-order valence-corrected chi connectivity index (χ4v) is 6.15. The van der Waals surface area contributed by atoms with Gasteiger partial charge in [0.15, 0.2) is 0 Å². The summed E-state index contributed by atoms with van der Waals surface area (Å²) in [5.41, 5.74) is 1.22. The Hall–Kier alpha value is -5.28. The summed E-state index contributed by atoms with van der Waals surface area (Å²) in [6.45, 7) is 11.0. The molecular formula is C35H44N8O6S. The van der Waals surface area contributed by atoms with E-state index in [2.05, 4.69) is 65.9 Å². The van der Waals surface area contributed by atoms with Crippen LogP contribution >= 0.6 is 11.3 Å². The molecule has 0 saturated carbocycles. The molecule has 15 heteroatoms. The SMILES string of the molecule is COC(=O)NCC(=O)N(Cc1ncc(C#Cc2ccc(C#Cc3cnc(C4CC(C)CN4C(=O)C(NC(=O)OC)C(C)C)[nH]3)s2)[nH]1)CC(C)C. The van der Waals surface area contributed by atoms with Gasteiger partial charge in [-0.2, -0.15) is 0 Å². The van der Waals surface area contributed by atoms with Crippen molar-refractivity contribution in [2.24, 2.45) is 17.8 Å². The zero-order chi connectivity index (χ0) is 36.4. The number of carbonyl (C=O) groups is 4. The van der Waals surface area contributed by atoms with Gasteiger partial charge in [0.2, 0.25) is 11.8 Å². The normalized spacial score (nSPS) is 15.8. The number of ether oxygens (including phenoxy) is 2. The number of likely N-dealkylation sites (tertiary alicyclic amines) is 1. The summed E-state index contributed by atoms with van der Waals surface area (Å²) in [6, 6.07) is 2.82. The minimum Gasteiger partial charge on any atom is -0.453 e. The summed E-state index contributed by atoms with van der Waals surface area (Å²) in [6.07, 6.45) is 2.71. The average Bonchev–Trinajstić information content (AvgIpc) is 3.90. The van der Waals surface area contributed by atoms with E-state index in [1.54, 1.807) is 22.2 Å². The maximum absolute atomic E-state index is 13.5. The smallest absolute Gasteiger partial charge is 0.407 e. The second-order valence-electron chi connectivity index (χ2n) is 12.8. The molecule has 266 valence electrons. The molecule has 0 aromatic carbocycles. The molecule has 1 fully saturated rings. The highest BCUT2D eigenvalue weighted by molar-refractivity contribution is 7.13. The van der Waals surface area contributed by atoms with Crippen molar-refractivity contribution >= 4 is 35.3 Å². The number of alkyl carbamates (subject to hydrolysis) is 2. The highest BCUT2D eigenvalue weighted by Crippen LogP contribution is 2.34. The quantitative estimate of drug-likeness (QED) is 0.232. The van der Waals surface area contributed by atoms with Crippen LogP contribution in [0.2, 0.25) is 0 Å². The van der Waals surface area contributed by atoms with Crippen LogP contribution in [0, 0.1) is 41.4 Å². The van der Waals surface area contributed by atoms with Crippen molar-refractivity contribution in [1.82, 2.24) is 40.4 Å². The lowest BCUT2D eigenvalue weighted by Crippen LogP contribution is -2.51. The fraction of sp³-hybridized carbons (Fsp3) is 0.486. The van der Waals surface area contributed by atoms with E-state index >= 15 is 0 Å². The molecule has 0 aliphatic carbocycles. The molecular weight excluding hydrogens is 661 g/mol. The Morgan fingerprint density at radius 2 is 1.62 bits per heavy atom. The summed E-state index contributed by atoms with van der Waals surface area (Å²) < 4.78 is 9.28. The van der Waals surface area contributed by atoms with Gasteiger partial charge in [-0.25, -0.2) is 19.6 Å². The summed E-state index contributed by atoms with van der Waals surface area (Å²) >= 11 is 1.45. The van der Waals surface area contributed by atoms with Crippen molar-refractivity contribution in [1.29, 1.82) is 0 Å². The molecule has 1 aliphatic heterocycles. The third-order valence-corrected chi connectivity index (χ3v) is 8.74. The van der Waals surface area contributed by atoms with Gasteiger partial charge in [0.05, 0.1) is 49.0 Å². The zero-order valence-electron chi connectivity index (χ0n) is 29.4. The summed E-state index contributed by atoms with van der Waals surface area (Å²) in [4.78, 5) is 69.9. The first-order chi connectivity index (χ1) is 23.9. The maximum atomic E-state index is 13.5. The first-order valence-electron chi connectivity index (χ1n) is 16.3. The van der Waals surface area contributed by atoms with Crippen LogP contribution in [0.25, 0.3) is 0 Å². The van der Waals surface area contributed by atoms with Crippen LogP contribution in [-0.2, 0) is 25.6 Å². The molecule has 0 spiro atoms. The van der Waals surface area contributed by atoms with Gasteiger partial charge in [0.25, 0.3) is 0 Å². The molecule has 0 radical (unpaired) electrons. The van der Waals surface area contributed by atoms with Crippen LogP contribution in [-0.4, -0.2) is 93.6 Å². The summed E-state index contributed by atoms with van der Waals surface area (Å²) in [5.74, 6) is 13.7. The van der Waals surface area contributed by atoms with Gasteiger partial charge >= 0.3 is 12.2 Å².